The second kappa shape index (κ2) is 8.27. The highest BCUT2D eigenvalue weighted by Crippen LogP contribution is 2.35. The normalized spacial score (nSPS) is 12.4. The lowest BCUT2D eigenvalue weighted by Gasteiger charge is -2.19. The number of ether oxygens (including phenoxy) is 2. The molecule has 0 unspecified atom stereocenters. The van der Waals surface area contributed by atoms with Crippen LogP contribution in [0.5, 0.6) is 11.5 Å². The van der Waals surface area contributed by atoms with Crippen molar-refractivity contribution in [2.75, 3.05) is 18.5 Å². The molecule has 0 bridgehead atoms. The number of nitrogens with one attached hydrogen (secondary N) is 1. The smallest absolute Gasteiger partial charge is 0.256 e. The number of aromatic nitrogens is 1. The Kier molecular flexibility index (Phi) is 5.14. The maximum atomic E-state index is 13.3. The van der Waals surface area contributed by atoms with Gasteiger partial charge in [-0.3, -0.25) is 9.59 Å². The minimum Gasteiger partial charge on any atom is -0.486 e. The van der Waals surface area contributed by atoms with Crippen LogP contribution < -0.4 is 20.5 Å². The van der Waals surface area contributed by atoms with Crippen LogP contribution in [0.3, 0.4) is 0 Å². The van der Waals surface area contributed by atoms with Gasteiger partial charge < -0.3 is 20.5 Å². The van der Waals surface area contributed by atoms with Crippen molar-refractivity contribution in [1.29, 1.82) is 0 Å². The van der Waals surface area contributed by atoms with Crippen molar-refractivity contribution in [3.05, 3.63) is 83.4 Å². The molecule has 7 heteroatoms. The van der Waals surface area contributed by atoms with E-state index in [-0.39, 0.29) is 5.91 Å². The molecule has 0 spiro atoms. The highest BCUT2D eigenvalue weighted by Gasteiger charge is 2.17. The molecule has 1 aromatic heterocycles. The Bertz CT molecular complexity index is 1410. The number of hydrogen-bond donors (Lipinski definition) is 2. The average Bonchev–Trinajstić information content (AvgIpc) is 2.82. The van der Waals surface area contributed by atoms with E-state index in [1.165, 1.54) is 0 Å². The molecule has 3 N–H and O–H groups in total. The van der Waals surface area contributed by atoms with Gasteiger partial charge in [-0.2, -0.15) is 0 Å². The van der Waals surface area contributed by atoms with E-state index < -0.39 is 5.91 Å². The maximum absolute atomic E-state index is 13.3. The van der Waals surface area contributed by atoms with Crippen LogP contribution in [0.4, 0.5) is 5.69 Å². The Morgan fingerprint density at radius 1 is 0.909 bits per heavy atom. The number of carbonyl (C=O) groups is 2. The predicted octanol–water partition coefficient (Wildman–Crippen LogP) is 4.33. The summed E-state index contributed by atoms with van der Waals surface area (Å²) in [7, 11) is 0. The molecular weight excluding hydrogens is 418 g/mol. The first-order chi connectivity index (χ1) is 16.0. The molecule has 1 aliphatic rings. The molecular formula is C26H21N3O4. The molecule has 2 heterocycles. The third-order valence-corrected chi connectivity index (χ3v) is 5.55. The van der Waals surface area contributed by atoms with E-state index in [0.29, 0.717) is 58.3 Å². The van der Waals surface area contributed by atoms with Gasteiger partial charge in [0.05, 0.1) is 16.8 Å². The van der Waals surface area contributed by atoms with Crippen LogP contribution in [0.1, 0.15) is 26.3 Å². The number of aryl methyl sites for hydroxylation is 1. The van der Waals surface area contributed by atoms with Crippen molar-refractivity contribution in [3.63, 3.8) is 0 Å². The number of anilines is 1. The molecule has 0 saturated carbocycles. The van der Waals surface area contributed by atoms with Gasteiger partial charge in [-0.15, -0.1) is 0 Å². The van der Waals surface area contributed by atoms with Gasteiger partial charge in [0.2, 0.25) is 5.91 Å². The quantitative estimate of drug-likeness (QED) is 0.493. The third kappa shape index (κ3) is 3.96. The van der Waals surface area contributed by atoms with Crippen LogP contribution in [-0.4, -0.2) is 30.0 Å². The monoisotopic (exact) mass is 439 g/mol. The number of benzene rings is 3. The average molecular weight is 439 g/mol. The van der Waals surface area contributed by atoms with E-state index >= 15 is 0 Å². The van der Waals surface area contributed by atoms with Crippen molar-refractivity contribution in [1.82, 2.24) is 4.98 Å². The van der Waals surface area contributed by atoms with Crippen molar-refractivity contribution in [2.24, 2.45) is 5.73 Å². The number of para-hydroxylation sites is 1. The molecule has 0 radical (unpaired) electrons. The second-order valence-electron chi connectivity index (χ2n) is 7.78. The zero-order valence-electron chi connectivity index (χ0n) is 17.9. The number of fused-ring (bicyclic) bond motifs is 2. The topological polar surface area (TPSA) is 104 Å². The fraction of sp³-hybridized carbons (Fsp3) is 0.115. The summed E-state index contributed by atoms with van der Waals surface area (Å²) in [6.07, 6.45) is 0. The first-order valence-corrected chi connectivity index (χ1v) is 10.5. The van der Waals surface area contributed by atoms with E-state index in [4.69, 9.17) is 20.2 Å². The summed E-state index contributed by atoms with van der Waals surface area (Å²) in [5.74, 6) is 0.566. The second-order valence-corrected chi connectivity index (χ2v) is 7.78. The first-order valence-electron chi connectivity index (χ1n) is 10.5. The van der Waals surface area contributed by atoms with E-state index in [1.807, 2.05) is 42.5 Å². The van der Waals surface area contributed by atoms with Gasteiger partial charge in [0.25, 0.3) is 5.91 Å². The van der Waals surface area contributed by atoms with E-state index in [9.17, 15) is 9.59 Å². The Morgan fingerprint density at radius 3 is 2.48 bits per heavy atom. The maximum Gasteiger partial charge on any atom is 0.256 e. The molecule has 2 amide bonds. The van der Waals surface area contributed by atoms with Crippen LogP contribution in [0, 0.1) is 6.92 Å². The van der Waals surface area contributed by atoms with Gasteiger partial charge >= 0.3 is 0 Å². The number of nitrogens with two attached hydrogens (primary N) is 1. The Labute approximate surface area is 190 Å². The van der Waals surface area contributed by atoms with Crippen LogP contribution in [0.2, 0.25) is 0 Å². The van der Waals surface area contributed by atoms with Crippen LogP contribution >= 0.6 is 0 Å². The Morgan fingerprint density at radius 2 is 1.70 bits per heavy atom. The molecule has 164 valence electrons. The zero-order valence-corrected chi connectivity index (χ0v) is 17.9. The molecule has 0 fully saturated rings. The molecule has 5 rings (SSSR count). The lowest BCUT2D eigenvalue weighted by Crippen LogP contribution is -2.16. The van der Waals surface area contributed by atoms with Gasteiger partial charge in [-0.05, 0) is 61.0 Å². The number of primary amides is 1. The number of amides is 2. The van der Waals surface area contributed by atoms with Crippen LogP contribution in [-0.2, 0) is 0 Å². The van der Waals surface area contributed by atoms with E-state index in [0.717, 1.165) is 10.9 Å². The fourth-order valence-corrected chi connectivity index (χ4v) is 3.93. The predicted molar refractivity (Wildman–Crippen MR) is 126 cm³/mol. The minimum absolute atomic E-state index is 0.279. The molecule has 33 heavy (non-hydrogen) atoms. The number of carbonyl (C=O) groups excluding carboxylic acids is 2. The zero-order chi connectivity index (χ0) is 22.9. The summed E-state index contributed by atoms with van der Waals surface area (Å²) < 4.78 is 11.3. The summed E-state index contributed by atoms with van der Waals surface area (Å²) >= 11 is 0. The van der Waals surface area contributed by atoms with Crippen LogP contribution in [0.15, 0.2) is 66.7 Å². The van der Waals surface area contributed by atoms with E-state index in [1.54, 1.807) is 31.2 Å². The van der Waals surface area contributed by atoms with Crippen LogP contribution in [0.25, 0.3) is 22.2 Å². The molecule has 7 nitrogen and oxygen atoms in total. The molecule has 4 aromatic rings. The van der Waals surface area contributed by atoms with Gasteiger partial charge in [-0.1, -0.05) is 18.2 Å². The SMILES string of the molecule is Cc1cc(NC(=O)c2cc(-c3ccc4c(c3)OCCO4)nc3ccccc23)ccc1C(N)=O. The summed E-state index contributed by atoms with van der Waals surface area (Å²) in [6.45, 7) is 2.78. The molecule has 0 aliphatic carbocycles. The van der Waals surface area contributed by atoms with Gasteiger partial charge in [-0.25, -0.2) is 4.98 Å². The minimum atomic E-state index is -0.505. The molecule has 1 aliphatic heterocycles. The molecule has 3 aromatic carbocycles. The van der Waals surface area contributed by atoms with Gasteiger partial charge in [0.15, 0.2) is 11.5 Å². The third-order valence-electron chi connectivity index (χ3n) is 5.55. The Hall–Kier alpha value is -4.39. The largest absolute Gasteiger partial charge is 0.486 e. The van der Waals surface area contributed by atoms with Crippen molar-refractivity contribution in [3.8, 4) is 22.8 Å². The summed E-state index contributed by atoms with van der Waals surface area (Å²) in [5, 5.41) is 3.66. The standard InChI is InChI=1S/C26H21N3O4/c1-15-12-17(7-8-18(15)25(27)30)28-26(31)20-14-22(29-21-5-3-2-4-19(20)21)16-6-9-23-24(13-16)33-11-10-32-23/h2-9,12-14H,10-11H2,1H3,(H2,27,30)(H,28,31). The number of nitrogens with zero attached hydrogens (tertiary/aromatic N) is 1. The lowest BCUT2D eigenvalue weighted by molar-refractivity contribution is 0.0998. The van der Waals surface area contributed by atoms with Gasteiger partial charge in [0, 0.05) is 22.2 Å². The highest BCUT2D eigenvalue weighted by molar-refractivity contribution is 6.13. The first kappa shape index (κ1) is 20.5. The number of rotatable bonds is 4. The summed E-state index contributed by atoms with van der Waals surface area (Å²) in [6, 6.07) is 19.9. The Balaban J connectivity index is 1.54. The van der Waals surface area contributed by atoms with E-state index in [2.05, 4.69) is 5.32 Å². The lowest BCUT2D eigenvalue weighted by atomic mass is 10.0. The van der Waals surface area contributed by atoms with Crippen molar-refractivity contribution >= 4 is 28.4 Å². The summed E-state index contributed by atoms with van der Waals surface area (Å²) in [5.41, 5.74) is 9.73. The molecule has 0 saturated heterocycles. The van der Waals surface area contributed by atoms with Crippen molar-refractivity contribution in [2.45, 2.75) is 6.92 Å². The fourth-order valence-electron chi connectivity index (χ4n) is 3.93. The number of pyridine rings is 1. The highest BCUT2D eigenvalue weighted by atomic mass is 16.6. The molecule has 0 atom stereocenters. The number of hydrogen-bond acceptors (Lipinski definition) is 5. The van der Waals surface area contributed by atoms with Crippen molar-refractivity contribution < 1.29 is 19.1 Å². The van der Waals surface area contributed by atoms with Gasteiger partial charge in [0.1, 0.15) is 13.2 Å². The summed E-state index contributed by atoms with van der Waals surface area (Å²) in [4.78, 5) is 29.6.